The van der Waals surface area contributed by atoms with E-state index in [1.807, 2.05) is 25.6 Å². The summed E-state index contributed by atoms with van der Waals surface area (Å²) in [6.07, 6.45) is 0.591. The minimum atomic E-state index is 0.376. The van der Waals surface area contributed by atoms with Crippen molar-refractivity contribution in [3.8, 4) is 10.7 Å². The number of rotatable bonds is 4. The fourth-order valence-corrected chi connectivity index (χ4v) is 3.66. The molecule has 0 spiro atoms. The number of hydrogen-bond acceptors (Lipinski definition) is 7. The topological polar surface area (TPSA) is 86.9 Å². The third-order valence-electron chi connectivity index (χ3n) is 4.28. The zero-order chi connectivity index (χ0) is 17.7. The van der Waals surface area contributed by atoms with Gasteiger partial charge in [-0.05, 0) is 25.8 Å². The van der Waals surface area contributed by atoms with Crippen LogP contribution in [0.1, 0.15) is 48.3 Å². The van der Waals surface area contributed by atoms with Crippen LogP contribution >= 0.6 is 11.3 Å². The van der Waals surface area contributed by atoms with Crippen molar-refractivity contribution in [3.63, 3.8) is 0 Å². The molecule has 25 heavy (non-hydrogen) atoms. The zero-order valence-electron chi connectivity index (χ0n) is 14.8. The highest BCUT2D eigenvalue weighted by Gasteiger charge is 2.19. The van der Waals surface area contributed by atoms with Crippen LogP contribution in [0.15, 0.2) is 10.6 Å². The molecule has 4 heterocycles. The van der Waals surface area contributed by atoms with E-state index in [1.54, 1.807) is 4.52 Å². The largest absolute Gasteiger partial charge is 0.361 e. The number of fused-ring (bicyclic) bond motifs is 1. The van der Waals surface area contributed by atoms with E-state index in [1.165, 1.54) is 11.3 Å². The van der Waals surface area contributed by atoms with Gasteiger partial charge in [-0.1, -0.05) is 30.3 Å². The normalized spacial score (nSPS) is 11.9. The molecule has 4 aromatic heterocycles. The molecule has 130 valence electrons. The van der Waals surface area contributed by atoms with E-state index in [4.69, 9.17) is 9.62 Å². The van der Waals surface area contributed by atoms with Gasteiger partial charge in [-0.3, -0.25) is 4.68 Å². The van der Waals surface area contributed by atoms with Crippen LogP contribution in [0.3, 0.4) is 0 Å². The Morgan fingerprint density at radius 1 is 1.20 bits per heavy atom. The molecule has 0 fully saturated rings. The zero-order valence-corrected chi connectivity index (χ0v) is 15.6. The van der Waals surface area contributed by atoms with Crippen molar-refractivity contribution in [1.29, 1.82) is 0 Å². The van der Waals surface area contributed by atoms with Crippen molar-refractivity contribution in [2.24, 2.45) is 7.05 Å². The Kier molecular flexibility index (Phi) is 3.68. The molecule has 4 rings (SSSR count). The average molecular weight is 357 g/mol. The number of nitrogens with zero attached hydrogens (tertiary/aromatic N) is 7. The molecule has 0 atom stereocenters. The highest BCUT2D eigenvalue weighted by molar-refractivity contribution is 7.19. The quantitative estimate of drug-likeness (QED) is 0.558. The van der Waals surface area contributed by atoms with Gasteiger partial charge in [-0.2, -0.15) is 14.7 Å². The number of aryl methyl sites for hydroxylation is 3. The lowest BCUT2D eigenvalue weighted by Gasteiger charge is -1.97. The molecule has 0 aromatic carbocycles. The molecule has 0 aliphatic heterocycles. The summed E-state index contributed by atoms with van der Waals surface area (Å²) < 4.78 is 8.90. The molecule has 0 unspecified atom stereocenters. The van der Waals surface area contributed by atoms with Gasteiger partial charge >= 0.3 is 0 Å². The third kappa shape index (κ3) is 2.64. The van der Waals surface area contributed by atoms with Crippen molar-refractivity contribution in [2.75, 3.05) is 0 Å². The van der Waals surface area contributed by atoms with Crippen molar-refractivity contribution in [3.05, 3.63) is 34.6 Å². The van der Waals surface area contributed by atoms with Crippen LogP contribution in [-0.2, 0) is 13.5 Å². The lowest BCUT2D eigenvalue weighted by Crippen LogP contribution is -2.00. The van der Waals surface area contributed by atoms with Gasteiger partial charge in [0.25, 0.3) is 0 Å². The summed E-state index contributed by atoms with van der Waals surface area (Å²) in [6.45, 7) is 8.10. The van der Waals surface area contributed by atoms with Crippen LogP contribution in [0.25, 0.3) is 15.7 Å². The van der Waals surface area contributed by atoms with Crippen LogP contribution in [0, 0.1) is 13.8 Å². The maximum absolute atomic E-state index is 5.23. The van der Waals surface area contributed by atoms with E-state index in [0.717, 1.165) is 44.2 Å². The minimum absolute atomic E-state index is 0.376. The summed E-state index contributed by atoms with van der Waals surface area (Å²) in [5, 5.41) is 22.7. The lowest BCUT2D eigenvalue weighted by atomic mass is 10.1. The Morgan fingerprint density at radius 2 is 2.00 bits per heavy atom. The molecule has 0 aliphatic carbocycles. The van der Waals surface area contributed by atoms with Crippen LogP contribution in [0.2, 0.25) is 0 Å². The van der Waals surface area contributed by atoms with Gasteiger partial charge in [0.2, 0.25) is 4.96 Å². The first-order valence-corrected chi connectivity index (χ1v) is 8.93. The van der Waals surface area contributed by atoms with Crippen LogP contribution in [0.5, 0.6) is 0 Å². The fourth-order valence-electron chi connectivity index (χ4n) is 2.76. The Labute approximate surface area is 148 Å². The molecule has 8 nitrogen and oxygen atoms in total. The number of aromatic nitrogens is 7. The Morgan fingerprint density at radius 3 is 2.64 bits per heavy atom. The van der Waals surface area contributed by atoms with Crippen LogP contribution < -0.4 is 0 Å². The minimum Gasteiger partial charge on any atom is -0.361 e. The van der Waals surface area contributed by atoms with Crippen molar-refractivity contribution in [2.45, 2.75) is 40.0 Å². The smallest absolute Gasteiger partial charge is 0.235 e. The average Bonchev–Trinajstić information content (AvgIpc) is 3.28. The first-order valence-electron chi connectivity index (χ1n) is 8.11. The summed E-state index contributed by atoms with van der Waals surface area (Å²) in [7, 11) is 1.94. The monoisotopic (exact) mass is 357 g/mol. The SMILES string of the molecule is Cc1noc(C)c1Cc1nnc2sc(-c3cc(C(C)C)nn3C)nn12. The highest BCUT2D eigenvalue weighted by Crippen LogP contribution is 2.28. The van der Waals surface area contributed by atoms with Crippen LogP contribution in [-0.4, -0.2) is 34.7 Å². The molecule has 4 aromatic rings. The van der Waals surface area contributed by atoms with Gasteiger partial charge in [-0.25, -0.2) is 0 Å². The van der Waals surface area contributed by atoms with Gasteiger partial charge in [0.15, 0.2) is 10.8 Å². The third-order valence-corrected chi connectivity index (χ3v) is 5.20. The molecular weight excluding hydrogens is 338 g/mol. The second-order valence-corrected chi connectivity index (χ2v) is 7.39. The second kappa shape index (κ2) is 5.76. The predicted molar refractivity (Wildman–Crippen MR) is 93.7 cm³/mol. The van der Waals surface area contributed by atoms with E-state index in [-0.39, 0.29) is 0 Å². The van der Waals surface area contributed by atoms with Gasteiger partial charge < -0.3 is 4.52 Å². The lowest BCUT2D eigenvalue weighted by molar-refractivity contribution is 0.392. The van der Waals surface area contributed by atoms with E-state index in [0.29, 0.717) is 12.3 Å². The maximum Gasteiger partial charge on any atom is 0.235 e. The molecule has 0 amide bonds. The summed E-state index contributed by atoms with van der Waals surface area (Å²) in [6, 6.07) is 2.09. The number of hydrogen-bond donors (Lipinski definition) is 0. The van der Waals surface area contributed by atoms with Crippen molar-refractivity contribution in [1.82, 2.24) is 34.7 Å². The first-order chi connectivity index (χ1) is 11.9. The molecule has 0 saturated carbocycles. The summed E-state index contributed by atoms with van der Waals surface area (Å²) >= 11 is 1.51. The van der Waals surface area contributed by atoms with E-state index >= 15 is 0 Å². The molecule has 0 bridgehead atoms. The Bertz CT molecular complexity index is 1030. The van der Waals surface area contributed by atoms with Gasteiger partial charge in [0.05, 0.1) is 17.1 Å². The Hall–Kier alpha value is -2.55. The molecule has 9 heteroatoms. The van der Waals surface area contributed by atoms with Crippen molar-refractivity contribution < 1.29 is 4.52 Å². The van der Waals surface area contributed by atoms with E-state index in [9.17, 15) is 0 Å². The standard InChI is InChI=1S/C16H19N7OS/c1-8(2)12-7-13(22(5)19-12)15-20-23-14(17-18-16(23)25-15)6-11-9(3)21-24-10(11)4/h7-8H,6H2,1-5H3. The first kappa shape index (κ1) is 15.9. The van der Waals surface area contributed by atoms with Gasteiger partial charge in [0.1, 0.15) is 5.76 Å². The van der Waals surface area contributed by atoms with Gasteiger partial charge in [0, 0.05) is 19.0 Å². The molecule has 0 radical (unpaired) electrons. The van der Waals surface area contributed by atoms with E-state index in [2.05, 4.69) is 40.4 Å². The molecule has 0 N–H and O–H groups in total. The molecule has 0 aliphatic rings. The second-order valence-electron chi connectivity index (χ2n) is 6.43. The summed E-state index contributed by atoms with van der Waals surface area (Å²) in [5.41, 5.74) is 3.95. The Balaban J connectivity index is 1.74. The fraction of sp³-hybridized carbons (Fsp3) is 0.438. The summed E-state index contributed by atoms with van der Waals surface area (Å²) in [4.78, 5) is 0.768. The molecular formula is C16H19N7OS. The van der Waals surface area contributed by atoms with Crippen LogP contribution in [0.4, 0.5) is 0 Å². The van der Waals surface area contributed by atoms with Gasteiger partial charge in [-0.15, -0.1) is 10.2 Å². The van der Waals surface area contributed by atoms with Crippen molar-refractivity contribution >= 4 is 16.3 Å². The summed E-state index contributed by atoms with van der Waals surface area (Å²) in [5.74, 6) is 1.96. The predicted octanol–water partition coefficient (Wildman–Crippen LogP) is 2.91. The highest BCUT2D eigenvalue weighted by atomic mass is 32.1. The maximum atomic E-state index is 5.23. The van der Waals surface area contributed by atoms with E-state index < -0.39 is 0 Å². The molecule has 0 saturated heterocycles.